The summed E-state index contributed by atoms with van der Waals surface area (Å²) in [6, 6.07) is 13.9. The molecule has 0 aliphatic carbocycles. The van der Waals surface area contributed by atoms with Gasteiger partial charge in [0.25, 0.3) is 5.91 Å². The Morgan fingerprint density at radius 1 is 1.00 bits per heavy atom. The number of hydrogen-bond donors (Lipinski definition) is 1. The van der Waals surface area contributed by atoms with Gasteiger partial charge in [-0.2, -0.15) is 4.98 Å². The minimum atomic E-state index is -3.74. The van der Waals surface area contributed by atoms with Crippen molar-refractivity contribution in [2.45, 2.75) is 0 Å². The molecule has 1 amide bonds. The summed E-state index contributed by atoms with van der Waals surface area (Å²) >= 11 is 0. The molecule has 13 heteroatoms. The molecule has 2 aromatic carbocycles. The molecule has 4 heterocycles. The van der Waals surface area contributed by atoms with Crippen LogP contribution in [-0.2, 0) is 10.0 Å². The average Bonchev–Trinajstić information content (AvgIpc) is 3.61. The zero-order valence-electron chi connectivity index (χ0n) is 23.4. The lowest BCUT2D eigenvalue weighted by atomic mass is 9.98. The molecule has 0 spiro atoms. The Morgan fingerprint density at radius 2 is 1.77 bits per heavy atom. The number of oxazole rings is 1. The molecular weight excluding hydrogens is 577 g/mol. The molecule has 43 heavy (non-hydrogen) atoms. The number of carbonyl (C=O) groups excluding carboxylic acids is 1. The van der Waals surface area contributed by atoms with Crippen molar-refractivity contribution in [3.05, 3.63) is 78.4 Å². The Bertz CT molecular complexity index is 2110. The number of furan rings is 1. The molecule has 0 bridgehead atoms. The fourth-order valence-corrected chi connectivity index (χ4v) is 5.27. The van der Waals surface area contributed by atoms with Crippen molar-refractivity contribution in [2.24, 2.45) is 0 Å². The van der Waals surface area contributed by atoms with Crippen molar-refractivity contribution in [1.29, 1.82) is 0 Å². The van der Waals surface area contributed by atoms with E-state index >= 15 is 0 Å². The van der Waals surface area contributed by atoms with E-state index in [4.69, 9.17) is 13.6 Å². The lowest BCUT2D eigenvalue weighted by Gasteiger charge is -2.21. The highest BCUT2D eigenvalue weighted by molar-refractivity contribution is 7.92. The molecule has 11 nitrogen and oxygen atoms in total. The molecule has 6 aromatic rings. The molecule has 0 aliphatic heterocycles. The first-order chi connectivity index (χ1) is 20.6. The first kappa shape index (κ1) is 27.8. The second kappa shape index (κ2) is 10.5. The monoisotopic (exact) mass is 601 g/mol. The summed E-state index contributed by atoms with van der Waals surface area (Å²) in [4.78, 5) is 26.3. The van der Waals surface area contributed by atoms with Gasteiger partial charge in [-0.3, -0.25) is 9.10 Å². The van der Waals surface area contributed by atoms with Crippen LogP contribution in [0.5, 0.6) is 5.88 Å². The minimum absolute atomic E-state index is 0.200. The highest BCUT2D eigenvalue weighted by Crippen LogP contribution is 2.43. The van der Waals surface area contributed by atoms with Gasteiger partial charge >= 0.3 is 0 Å². The fraction of sp³-hybridized carbons (Fsp3) is 0.133. The van der Waals surface area contributed by atoms with Crippen molar-refractivity contribution in [3.63, 3.8) is 0 Å². The normalized spacial score (nSPS) is 11.7. The fourth-order valence-electron chi connectivity index (χ4n) is 4.76. The molecule has 0 atom stereocenters. The van der Waals surface area contributed by atoms with Crippen LogP contribution in [0.2, 0.25) is 0 Å². The van der Waals surface area contributed by atoms with Crippen molar-refractivity contribution < 1.29 is 31.2 Å². The first-order valence-electron chi connectivity index (χ1n) is 12.9. The van der Waals surface area contributed by atoms with Crippen LogP contribution in [-0.4, -0.2) is 56.7 Å². The third kappa shape index (κ3) is 4.93. The number of rotatable bonds is 7. The SMILES string of the molecule is CNC(=O)c1c(-c2ccc(F)cc2)oc2cc(N(C)S(C)(=O)=O)c(-c3cnc(OC)c(-c4nc5ncccc5o4)c3)cc12. The van der Waals surface area contributed by atoms with Gasteiger partial charge < -0.3 is 18.9 Å². The van der Waals surface area contributed by atoms with Crippen molar-refractivity contribution in [2.75, 3.05) is 31.8 Å². The summed E-state index contributed by atoms with van der Waals surface area (Å²) in [6.45, 7) is 0. The van der Waals surface area contributed by atoms with Gasteiger partial charge in [0.15, 0.2) is 11.2 Å². The van der Waals surface area contributed by atoms with E-state index in [0.717, 1.165) is 10.6 Å². The molecule has 0 aliphatic rings. The highest BCUT2D eigenvalue weighted by Gasteiger charge is 2.27. The quantitative estimate of drug-likeness (QED) is 0.259. The maximum Gasteiger partial charge on any atom is 0.255 e. The second-order valence-corrected chi connectivity index (χ2v) is 11.6. The van der Waals surface area contributed by atoms with Crippen LogP contribution in [0, 0.1) is 5.82 Å². The number of aromatic nitrogens is 3. The summed E-state index contributed by atoms with van der Waals surface area (Å²) in [5, 5.41) is 3.03. The number of halogens is 1. The summed E-state index contributed by atoms with van der Waals surface area (Å²) in [7, 11) is 0.609. The number of hydrogen-bond acceptors (Lipinski definition) is 9. The average molecular weight is 602 g/mol. The molecule has 4 aromatic heterocycles. The van der Waals surface area contributed by atoms with Gasteiger partial charge in [0.05, 0.1) is 30.2 Å². The number of ether oxygens (including phenoxy) is 1. The number of benzene rings is 2. The smallest absolute Gasteiger partial charge is 0.255 e. The zero-order valence-corrected chi connectivity index (χ0v) is 24.2. The van der Waals surface area contributed by atoms with E-state index in [2.05, 4.69) is 20.3 Å². The van der Waals surface area contributed by atoms with Gasteiger partial charge in [0.2, 0.25) is 21.8 Å². The van der Waals surface area contributed by atoms with E-state index in [1.165, 1.54) is 51.7 Å². The van der Waals surface area contributed by atoms with Crippen molar-refractivity contribution in [3.8, 4) is 39.8 Å². The van der Waals surface area contributed by atoms with Gasteiger partial charge in [0.1, 0.15) is 17.2 Å². The van der Waals surface area contributed by atoms with Crippen molar-refractivity contribution >= 4 is 43.8 Å². The zero-order chi connectivity index (χ0) is 30.5. The number of amides is 1. The molecule has 1 N–H and O–H groups in total. The number of anilines is 1. The maximum atomic E-state index is 13.7. The highest BCUT2D eigenvalue weighted by atomic mass is 32.2. The van der Waals surface area contributed by atoms with E-state index < -0.39 is 21.7 Å². The number of methoxy groups -OCH3 is 1. The number of fused-ring (bicyclic) bond motifs is 2. The molecule has 0 fully saturated rings. The van der Waals surface area contributed by atoms with Gasteiger partial charge in [-0.15, -0.1) is 0 Å². The standard InChI is InChI=1S/C30H24FN5O6S/c1-32-28(37)25-20-13-19(17-12-21(29(40-3)34-15-17)30-35-27-23(42-30)6-5-11-33-27)22(36(2)43(4,38)39)14-24(20)41-26(25)16-7-9-18(31)10-8-16/h5-15H,1-4H3,(H,32,37). The Morgan fingerprint density at radius 3 is 2.44 bits per heavy atom. The third-order valence-corrected chi connectivity index (χ3v) is 8.15. The summed E-state index contributed by atoms with van der Waals surface area (Å²) < 4.78 is 57.8. The van der Waals surface area contributed by atoms with E-state index in [-0.39, 0.29) is 34.4 Å². The number of sulfonamides is 1. The van der Waals surface area contributed by atoms with Gasteiger partial charge in [-0.1, -0.05) is 0 Å². The lowest BCUT2D eigenvalue weighted by Crippen LogP contribution is -2.25. The van der Waals surface area contributed by atoms with Crippen LogP contribution in [0.15, 0.2) is 75.8 Å². The first-order valence-corrected chi connectivity index (χ1v) is 14.7. The molecule has 6 rings (SSSR count). The molecule has 0 saturated carbocycles. The van der Waals surface area contributed by atoms with Crippen LogP contribution in [0.3, 0.4) is 0 Å². The topological polar surface area (TPSA) is 141 Å². The van der Waals surface area contributed by atoms with E-state index in [0.29, 0.717) is 38.9 Å². The molecule has 0 radical (unpaired) electrons. The Labute approximate surface area is 245 Å². The molecule has 0 unspecified atom stereocenters. The van der Waals surface area contributed by atoms with E-state index in [9.17, 15) is 17.6 Å². The maximum absolute atomic E-state index is 13.7. The van der Waals surface area contributed by atoms with Crippen LogP contribution >= 0.6 is 0 Å². The van der Waals surface area contributed by atoms with Crippen molar-refractivity contribution in [1.82, 2.24) is 20.3 Å². The summed E-state index contributed by atoms with van der Waals surface area (Å²) in [5.74, 6) is -0.264. The second-order valence-electron chi connectivity index (χ2n) is 9.61. The molecule has 0 saturated heterocycles. The minimum Gasteiger partial charge on any atom is -0.480 e. The van der Waals surface area contributed by atoms with Crippen LogP contribution < -0.4 is 14.4 Å². The van der Waals surface area contributed by atoms with E-state index in [1.54, 1.807) is 36.5 Å². The van der Waals surface area contributed by atoms with Crippen LogP contribution in [0.25, 0.3) is 56.1 Å². The lowest BCUT2D eigenvalue weighted by molar-refractivity contribution is 0.0964. The predicted molar refractivity (Wildman–Crippen MR) is 159 cm³/mol. The number of nitrogens with one attached hydrogen (secondary N) is 1. The Hall–Kier alpha value is -5.30. The van der Waals surface area contributed by atoms with Crippen LogP contribution in [0.4, 0.5) is 10.1 Å². The summed E-state index contributed by atoms with van der Waals surface area (Å²) in [5.41, 5.74) is 3.33. The van der Waals surface area contributed by atoms with Gasteiger partial charge in [-0.25, -0.2) is 22.8 Å². The number of pyridine rings is 2. The number of carbonyl (C=O) groups is 1. The Balaban J connectivity index is 1.64. The summed E-state index contributed by atoms with van der Waals surface area (Å²) in [6.07, 6.45) is 4.19. The Kier molecular flexibility index (Phi) is 6.81. The van der Waals surface area contributed by atoms with E-state index in [1.807, 2.05) is 0 Å². The largest absolute Gasteiger partial charge is 0.480 e. The van der Waals surface area contributed by atoms with Gasteiger partial charge in [-0.05, 0) is 48.5 Å². The van der Waals surface area contributed by atoms with Crippen LogP contribution in [0.1, 0.15) is 10.4 Å². The molecule has 218 valence electrons. The number of nitrogens with zero attached hydrogens (tertiary/aromatic N) is 4. The third-order valence-electron chi connectivity index (χ3n) is 6.95. The predicted octanol–water partition coefficient (Wildman–Crippen LogP) is 5.27. The van der Waals surface area contributed by atoms with Gasteiger partial charge in [0, 0.05) is 54.6 Å². The molecular formula is C30H24FN5O6S.